The molecule has 4 heteroatoms. The molecule has 0 saturated heterocycles. The predicted molar refractivity (Wildman–Crippen MR) is 59.7 cm³/mol. The van der Waals surface area contributed by atoms with Crippen LogP contribution in [0.5, 0.6) is 0 Å². The standard InChI is InChI=1S/C11H16N2O2/c1-3-8-5-6-9(13(14)15)7-10(8)11(12)4-2/h5-7,11H,3-4,12H2,1-2H3/t11-/m1/s1. The number of nitro benzene ring substituents is 1. The van der Waals surface area contributed by atoms with Crippen LogP contribution in [0.15, 0.2) is 18.2 Å². The summed E-state index contributed by atoms with van der Waals surface area (Å²) in [4.78, 5) is 10.2. The van der Waals surface area contributed by atoms with Gasteiger partial charge in [0, 0.05) is 18.2 Å². The van der Waals surface area contributed by atoms with Crippen molar-refractivity contribution in [1.29, 1.82) is 0 Å². The molecule has 0 amide bonds. The van der Waals surface area contributed by atoms with E-state index in [1.54, 1.807) is 12.1 Å². The van der Waals surface area contributed by atoms with E-state index in [0.717, 1.165) is 24.0 Å². The second-order valence-electron chi connectivity index (χ2n) is 3.51. The Balaban J connectivity index is 3.18. The van der Waals surface area contributed by atoms with Gasteiger partial charge in [-0.15, -0.1) is 0 Å². The van der Waals surface area contributed by atoms with Gasteiger partial charge in [-0.1, -0.05) is 19.9 Å². The van der Waals surface area contributed by atoms with Gasteiger partial charge in [0.25, 0.3) is 5.69 Å². The molecule has 0 spiro atoms. The van der Waals surface area contributed by atoms with E-state index in [-0.39, 0.29) is 16.7 Å². The molecule has 82 valence electrons. The highest BCUT2D eigenvalue weighted by Crippen LogP contribution is 2.24. The number of non-ortho nitro benzene ring substituents is 1. The Bertz CT molecular complexity index is 364. The van der Waals surface area contributed by atoms with E-state index in [1.807, 2.05) is 13.8 Å². The third-order valence-corrected chi connectivity index (χ3v) is 2.56. The van der Waals surface area contributed by atoms with Crippen LogP contribution in [0.25, 0.3) is 0 Å². The van der Waals surface area contributed by atoms with Crippen molar-refractivity contribution in [2.75, 3.05) is 0 Å². The monoisotopic (exact) mass is 208 g/mol. The number of hydrogen-bond acceptors (Lipinski definition) is 3. The summed E-state index contributed by atoms with van der Waals surface area (Å²) >= 11 is 0. The van der Waals surface area contributed by atoms with Crippen molar-refractivity contribution in [2.24, 2.45) is 5.73 Å². The Morgan fingerprint density at radius 3 is 2.60 bits per heavy atom. The summed E-state index contributed by atoms with van der Waals surface area (Å²) in [5, 5.41) is 10.6. The summed E-state index contributed by atoms with van der Waals surface area (Å²) in [6.07, 6.45) is 1.63. The first kappa shape index (κ1) is 11.7. The van der Waals surface area contributed by atoms with E-state index in [9.17, 15) is 10.1 Å². The Hall–Kier alpha value is -1.42. The highest BCUT2D eigenvalue weighted by Gasteiger charge is 2.13. The largest absolute Gasteiger partial charge is 0.324 e. The molecule has 15 heavy (non-hydrogen) atoms. The number of nitro groups is 1. The molecule has 0 fully saturated rings. The Labute approximate surface area is 89.2 Å². The first-order valence-corrected chi connectivity index (χ1v) is 5.12. The highest BCUT2D eigenvalue weighted by molar-refractivity contribution is 5.41. The first-order valence-electron chi connectivity index (χ1n) is 5.12. The third-order valence-electron chi connectivity index (χ3n) is 2.56. The Morgan fingerprint density at radius 1 is 1.47 bits per heavy atom. The molecule has 0 heterocycles. The topological polar surface area (TPSA) is 69.2 Å². The fourth-order valence-electron chi connectivity index (χ4n) is 1.58. The summed E-state index contributed by atoms with van der Waals surface area (Å²) in [5.74, 6) is 0. The minimum atomic E-state index is -0.384. The van der Waals surface area contributed by atoms with Crippen molar-refractivity contribution >= 4 is 5.69 Å². The molecule has 1 aromatic rings. The molecule has 1 aromatic carbocycles. The molecule has 0 aliphatic carbocycles. The van der Waals surface area contributed by atoms with Crippen molar-refractivity contribution in [3.63, 3.8) is 0 Å². The van der Waals surface area contributed by atoms with Gasteiger partial charge in [0.2, 0.25) is 0 Å². The molecule has 0 radical (unpaired) electrons. The molecular weight excluding hydrogens is 192 g/mol. The number of aryl methyl sites for hydroxylation is 1. The van der Waals surface area contributed by atoms with Crippen LogP contribution in [0.4, 0.5) is 5.69 Å². The fourth-order valence-corrected chi connectivity index (χ4v) is 1.58. The zero-order valence-corrected chi connectivity index (χ0v) is 9.06. The lowest BCUT2D eigenvalue weighted by Gasteiger charge is -2.13. The minimum Gasteiger partial charge on any atom is -0.324 e. The van der Waals surface area contributed by atoms with Crippen molar-refractivity contribution in [3.05, 3.63) is 39.4 Å². The average molecular weight is 208 g/mol. The van der Waals surface area contributed by atoms with Crippen LogP contribution < -0.4 is 5.73 Å². The highest BCUT2D eigenvalue weighted by atomic mass is 16.6. The van der Waals surface area contributed by atoms with Gasteiger partial charge < -0.3 is 5.73 Å². The van der Waals surface area contributed by atoms with E-state index in [4.69, 9.17) is 5.73 Å². The summed E-state index contributed by atoms with van der Waals surface area (Å²) in [6, 6.07) is 4.81. The number of benzene rings is 1. The van der Waals surface area contributed by atoms with Crippen LogP contribution in [-0.4, -0.2) is 4.92 Å². The van der Waals surface area contributed by atoms with E-state index >= 15 is 0 Å². The van der Waals surface area contributed by atoms with Gasteiger partial charge in [-0.25, -0.2) is 0 Å². The van der Waals surface area contributed by atoms with Crippen LogP contribution in [0, 0.1) is 10.1 Å². The molecule has 0 unspecified atom stereocenters. The Kier molecular flexibility index (Phi) is 3.80. The molecular formula is C11H16N2O2. The van der Waals surface area contributed by atoms with Gasteiger partial charge in [0.1, 0.15) is 0 Å². The lowest BCUT2D eigenvalue weighted by Crippen LogP contribution is -2.11. The zero-order valence-electron chi connectivity index (χ0n) is 9.06. The van der Waals surface area contributed by atoms with E-state index in [0.29, 0.717) is 0 Å². The molecule has 0 saturated carbocycles. The van der Waals surface area contributed by atoms with Gasteiger partial charge in [-0.3, -0.25) is 10.1 Å². The second kappa shape index (κ2) is 4.89. The molecule has 0 aliphatic heterocycles. The molecule has 2 N–H and O–H groups in total. The maximum Gasteiger partial charge on any atom is 0.269 e. The average Bonchev–Trinajstić information content (AvgIpc) is 2.27. The van der Waals surface area contributed by atoms with E-state index < -0.39 is 0 Å². The third kappa shape index (κ3) is 2.53. The van der Waals surface area contributed by atoms with Crippen molar-refractivity contribution < 1.29 is 4.92 Å². The van der Waals surface area contributed by atoms with Crippen LogP contribution in [0.3, 0.4) is 0 Å². The van der Waals surface area contributed by atoms with Gasteiger partial charge in [-0.05, 0) is 24.0 Å². The Morgan fingerprint density at radius 2 is 2.13 bits per heavy atom. The number of nitrogens with zero attached hydrogens (tertiary/aromatic N) is 1. The fraction of sp³-hybridized carbons (Fsp3) is 0.455. The molecule has 0 bridgehead atoms. The van der Waals surface area contributed by atoms with Crippen LogP contribution >= 0.6 is 0 Å². The van der Waals surface area contributed by atoms with Crippen LogP contribution in [0.2, 0.25) is 0 Å². The van der Waals surface area contributed by atoms with E-state index in [2.05, 4.69) is 0 Å². The molecule has 0 aromatic heterocycles. The van der Waals surface area contributed by atoms with Gasteiger partial charge >= 0.3 is 0 Å². The first-order chi connectivity index (χ1) is 7.10. The molecule has 0 aliphatic rings. The summed E-state index contributed by atoms with van der Waals surface area (Å²) in [6.45, 7) is 4.00. The van der Waals surface area contributed by atoms with Crippen LogP contribution in [0.1, 0.15) is 37.4 Å². The second-order valence-corrected chi connectivity index (χ2v) is 3.51. The lowest BCUT2D eigenvalue weighted by atomic mass is 9.97. The quantitative estimate of drug-likeness (QED) is 0.610. The summed E-state index contributed by atoms with van der Waals surface area (Å²) < 4.78 is 0. The predicted octanol–water partition coefficient (Wildman–Crippen LogP) is 2.57. The number of hydrogen-bond donors (Lipinski definition) is 1. The van der Waals surface area contributed by atoms with Gasteiger partial charge in [0.15, 0.2) is 0 Å². The van der Waals surface area contributed by atoms with E-state index in [1.165, 1.54) is 6.07 Å². The van der Waals surface area contributed by atoms with Crippen LogP contribution in [-0.2, 0) is 6.42 Å². The molecule has 1 rings (SSSR count). The van der Waals surface area contributed by atoms with Crippen molar-refractivity contribution in [2.45, 2.75) is 32.7 Å². The van der Waals surface area contributed by atoms with Gasteiger partial charge in [0.05, 0.1) is 4.92 Å². The zero-order chi connectivity index (χ0) is 11.4. The summed E-state index contributed by atoms with van der Waals surface area (Å²) in [5.41, 5.74) is 8.02. The minimum absolute atomic E-state index is 0.111. The van der Waals surface area contributed by atoms with Crippen molar-refractivity contribution in [1.82, 2.24) is 0 Å². The van der Waals surface area contributed by atoms with Gasteiger partial charge in [-0.2, -0.15) is 0 Å². The maximum atomic E-state index is 10.6. The number of nitrogens with two attached hydrogens (primary N) is 1. The summed E-state index contributed by atoms with van der Waals surface area (Å²) in [7, 11) is 0. The smallest absolute Gasteiger partial charge is 0.269 e. The lowest BCUT2D eigenvalue weighted by molar-refractivity contribution is -0.384. The number of rotatable bonds is 4. The SMILES string of the molecule is CCc1ccc([N+](=O)[O-])cc1[C@H](N)CC. The molecule has 4 nitrogen and oxygen atoms in total. The van der Waals surface area contributed by atoms with Crippen molar-refractivity contribution in [3.8, 4) is 0 Å². The maximum absolute atomic E-state index is 10.6. The molecule has 1 atom stereocenters. The normalized spacial score (nSPS) is 12.5.